The highest BCUT2D eigenvalue weighted by molar-refractivity contribution is 5.88. The molecule has 0 bridgehead atoms. The Morgan fingerprint density at radius 3 is 2.29 bits per heavy atom. The molecule has 0 unspecified atom stereocenters. The normalized spacial score (nSPS) is 19.5. The Balaban J connectivity index is 2.60. The van der Waals surface area contributed by atoms with Crippen LogP contribution in [0.2, 0.25) is 0 Å². The van der Waals surface area contributed by atoms with Crippen molar-refractivity contribution in [1.29, 1.82) is 0 Å². The van der Waals surface area contributed by atoms with Crippen LogP contribution in [0.5, 0.6) is 0 Å². The molecule has 6 heteroatoms. The molecule has 3 N–H and O–H groups in total. The van der Waals surface area contributed by atoms with Gasteiger partial charge < -0.3 is 15.8 Å². The van der Waals surface area contributed by atoms with Crippen LogP contribution in [0.15, 0.2) is 5.16 Å². The molecule has 1 saturated heterocycles. The number of oxime groups is 1. The van der Waals surface area contributed by atoms with Gasteiger partial charge >= 0.3 is 0 Å². The zero-order chi connectivity index (χ0) is 13.1. The minimum atomic E-state index is -0.476. The van der Waals surface area contributed by atoms with Gasteiger partial charge in [0.25, 0.3) is 0 Å². The van der Waals surface area contributed by atoms with E-state index in [0.29, 0.717) is 19.5 Å². The SMILES string of the molecule is CCC(=O)N1CCN(C(C)(C)C(N)=NO)CC1. The molecule has 0 aromatic heterocycles. The van der Waals surface area contributed by atoms with E-state index in [1.165, 1.54) is 0 Å². The van der Waals surface area contributed by atoms with Gasteiger partial charge in [-0.2, -0.15) is 0 Å². The standard InChI is InChI=1S/C11H22N4O2/c1-4-9(16)14-5-7-15(8-6-14)11(2,3)10(12)13-17/h17H,4-8H2,1-3H3,(H2,12,13). The van der Waals surface area contributed by atoms with Gasteiger partial charge in [0.05, 0.1) is 5.54 Å². The summed E-state index contributed by atoms with van der Waals surface area (Å²) in [7, 11) is 0. The zero-order valence-electron chi connectivity index (χ0n) is 10.8. The molecule has 1 fully saturated rings. The van der Waals surface area contributed by atoms with Crippen molar-refractivity contribution in [3.63, 3.8) is 0 Å². The number of carbonyl (C=O) groups is 1. The molecule has 17 heavy (non-hydrogen) atoms. The smallest absolute Gasteiger partial charge is 0.222 e. The highest BCUT2D eigenvalue weighted by Gasteiger charge is 2.34. The number of piperazine rings is 1. The Hall–Kier alpha value is -1.30. The van der Waals surface area contributed by atoms with Crippen molar-refractivity contribution < 1.29 is 10.0 Å². The third-order valence-electron chi connectivity index (χ3n) is 3.46. The van der Waals surface area contributed by atoms with Crippen molar-refractivity contribution in [3.05, 3.63) is 0 Å². The molecular formula is C11H22N4O2. The van der Waals surface area contributed by atoms with E-state index in [0.717, 1.165) is 13.1 Å². The van der Waals surface area contributed by atoms with E-state index < -0.39 is 5.54 Å². The first-order valence-corrected chi connectivity index (χ1v) is 5.94. The second-order valence-corrected chi connectivity index (χ2v) is 4.77. The molecule has 98 valence electrons. The van der Waals surface area contributed by atoms with Crippen LogP contribution in [0, 0.1) is 0 Å². The summed E-state index contributed by atoms with van der Waals surface area (Å²) in [5.74, 6) is 0.388. The quantitative estimate of drug-likeness (QED) is 0.317. The molecule has 6 nitrogen and oxygen atoms in total. The van der Waals surface area contributed by atoms with Gasteiger partial charge in [-0.05, 0) is 13.8 Å². The third-order valence-corrected chi connectivity index (χ3v) is 3.46. The summed E-state index contributed by atoms with van der Waals surface area (Å²) < 4.78 is 0. The van der Waals surface area contributed by atoms with Gasteiger partial charge in [0.15, 0.2) is 5.84 Å². The summed E-state index contributed by atoms with van der Waals surface area (Å²) in [6.07, 6.45) is 0.545. The number of hydrogen-bond acceptors (Lipinski definition) is 4. The largest absolute Gasteiger partial charge is 0.409 e. The van der Waals surface area contributed by atoms with Gasteiger partial charge in [0, 0.05) is 32.6 Å². The molecule has 1 aliphatic heterocycles. The summed E-state index contributed by atoms with van der Waals surface area (Å²) in [5, 5.41) is 11.8. The maximum Gasteiger partial charge on any atom is 0.222 e. The fourth-order valence-electron chi connectivity index (χ4n) is 2.02. The highest BCUT2D eigenvalue weighted by atomic mass is 16.4. The van der Waals surface area contributed by atoms with E-state index in [-0.39, 0.29) is 11.7 Å². The molecule has 1 rings (SSSR count). The Morgan fingerprint density at radius 2 is 1.88 bits per heavy atom. The van der Waals surface area contributed by atoms with Crippen molar-refractivity contribution in [2.24, 2.45) is 10.9 Å². The van der Waals surface area contributed by atoms with E-state index in [2.05, 4.69) is 10.1 Å². The zero-order valence-corrected chi connectivity index (χ0v) is 10.8. The van der Waals surface area contributed by atoms with E-state index in [1.54, 1.807) is 0 Å². The minimum Gasteiger partial charge on any atom is -0.409 e. The molecule has 0 aliphatic carbocycles. The average Bonchev–Trinajstić information content (AvgIpc) is 2.36. The fourth-order valence-corrected chi connectivity index (χ4v) is 2.02. The van der Waals surface area contributed by atoms with Gasteiger partial charge in [0.2, 0.25) is 5.91 Å². The maximum atomic E-state index is 11.5. The van der Waals surface area contributed by atoms with E-state index in [9.17, 15) is 4.79 Å². The predicted molar refractivity (Wildman–Crippen MR) is 65.9 cm³/mol. The number of carbonyl (C=O) groups excluding carboxylic acids is 1. The maximum absolute atomic E-state index is 11.5. The molecule has 1 aliphatic rings. The van der Waals surface area contributed by atoms with Crippen LogP contribution in [0.25, 0.3) is 0 Å². The first-order valence-electron chi connectivity index (χ1n) is 5.94. The topological polar surface area (TPSA) is 82.2 Å². The van der Waals surface area contributed by atoms with Crippen LogP contribution in [0.4, 0.5) is 0 Å². The lowest BCUT2D eigenvalue weighted by molar-refractivity contribution is -0.133. The van der Waals surface area contributed by atoms with Crippen LogP contribution >= 0.6 is 0 Å². The summed E-state index contributed by atoms with van der Waals surface area (Å²) in [6.45, 7) is 8.60. The lowest BCUT2D eigenvalue weighted by Crippen LogP contribution is -2.60. The molecule has 0 radical (unpaired) electrons. The van der Waals surface area contributed by atoms with Crippen molar-refractivity contribution in [2.45, 2.75) is 32.7 Å². The molecule has 0 aromatic carbocycles. The van der Waals surface area contributed by atoms with Crippen molar-refractivity contribution in [2.75, 3.05) is 26.2 Å². The molecule has 0 saturated carbocycles. The van der Waals surface area contributed by atoms with Crippen molar-refractivity contribution in [3.8, 4) is 0 Å². The molecular weight excluding hydrogens is 220 g/mol. The predicted octanol–water partition coefficient (Wildman–Crippen LogP) is 0.0656. The summed E-state index contributed by atoms with van der Waals surface area (Å²) in [4.78, 5) is 15.5. The molecule has 0 spiro atoms. The van der Waals surface area contributed by atoms with Crippen LogP contribution in [0.1, 0.15) is 27.2 Å². The number of amides is 1. The molecule has 1 heterocycles. The second kappa shape index (κ2) is 5.35. The number of hydrogen-bond donors (Lipinski definition) is 2. The Kier molecular flexibility index (Phi) is 4.34. The van der Waals surface area contributed by atoms with Crippen molar-refractivity contribution in [1.82, 2.24) is 9.80 Å². The third kappa shape index (κ3) is 2.88. The number of nitrogens with two attached hydrogens (primary N) is 1. The number of rotatable bonds is 3. The monoisotopic (exact) mass is 242 g/mol. The average molecular weight is 242 g/mol. The van der Waals surface area contributed by atoms with Gasteiger partial charge in [-0.3, -0.25) is 9.69 Å². The van der Waals surface area contributed by atoms with Gasteiger partial charge in [-0.1, -0.05) is 12.1 Å². The first kappa shape index (κ1) is 13.8. The Bertz CT molecular complexity index is 307. The van der Waals surface area contributed by atoms with Gasteiger partial charge in [-0.25, -0.2) is 0 Å². The van der Waals surface area contributed by atoms with Gasteiger partial charge in [-0.15, -0.1) is 0 Å². The van der Waals surface area contributed by atoms with Crippen LogP contribution in [0.3, 0.4) is 0 Å². The summed E-state index contributed by atoms with van der Waals surface area (Å²) >= 11 is 0. The summed E-state index contributed by atoms with van der Waals surface area (Å²) in [5.41, 5.74) is 5.20. The lowest BCUT2D eigenvalue weighted by atomic mass is 10.00. The first-order chi connectivity index (χ1) is 7.93. The molecule has 0 aromatic rings. The summed E-state index contributed by atoms with van der Waals surface area (Å²) in [6, 6.07) is 0. The second-order valence-electron chi connectivity index (χ2n) is 4.77. The lowest BCUT2D eigenvalue weighted by Gasteiger charge is -2.43. The van der Waals surface area contributed by atoms with Crippen LogP contribution in [-0.2, 0) is 4.79 Å². The van der Waals surface area contributed by atoms with E-state index in [4.69, 9.17) is 10.9 Å². The number of nitrogens with zero attached hydrogens (tertiary/aromatic N) is 3. The van der Waals surface area contributed by atoms with Gasteiger partial charge in [0.1, 0.15) is 0 Å². The fraction of sp³-hybridized carbons (Fsp3) is 0.818. The van der Waals surface area contributed by atoms with Crippen LogP contribution < -0.4 is 5.73 Å². The molecule has 0 atom stereocenters. The molecule has 1 amide bonds. The number of amidine groups is 1. The highest BCUT2D eigenvalue weighted by Crippen LogP contribution is 2.17. The Labute approximate surface area is 102 Å². The van der Waals surface area contributed by atoms with E-state index in [1.807, 2.05) is 25.7 Å². The van der Waals surface area contributed by atoms with Crippen molar-refractivity contribution >= 4 is 11.7 Å². The van der Waals surface area contributed by atoms with E-state index >= 15 is 0 Å². The van der Waals surface area contributed by atoms with Crippen LogP contribution in [-0.4, -0.2) is 58.5 Å². The minimum absolute atomic E-state index is 0.186. The Morgan fingerprint density at radius 1 is 1.35 bits per heavy atom.